The molecule has 0 heterocycles. The molecule has 3 atom stereocenters. The summed E-state index contributed by atoms with van der Waals surface area (Å²) in [5.41, 5.74) is 4.98. The predicted molar refractivity (Wildman–Crippen MR) is 66.0 cm³/mol. The number of nitrogens with two attached hydrogens (primary N) is 1. The third-order valence-electron chi connectivity index (χ3n) is 5.19. The SMILES string of the molecule is CC1CCC(C2(F)CCC(N)CC2)CC1C. The topological polar surface area (TPSA) is 26.0 Å². The van der Waals surface area contributed by atoms with Crippen molar-refractivity contribution in [3.05, 3.63) is 0 Å². The summed E-state index contributed by atoms with van der Waals surface area (Å²) >= 11 is 0. The van der Waals surface area contributed by atoms with Crippen LogP contribution in [-0.2, 0) is 0 Å². The number of rotatable bonds is 1. The molecule has 1 nitrogen and oxygen atoms in total. The summed E-state index contributed by atoms with van der Waals surface area (Å²) in [7, 11) is 0. The van der Waals surface area contributed by atoms with Gasteiger partial charge < -0.3 is 5.73 Å². The zero-order valence-corrected chi connectivity index (χ0v) is 10.7. The Morgan fingerprint density at radius 1 is 1.00 bits per heavy atom. The van der Waals surface area contributed by atoms with Crippen molar-refractivity contribution in [2.45, 2.75) is 70.5 Å². The molecule has 0 spiro atoms. The van der Waals surface area contributed by atoms with E-state index in [1.807, 2.05) is 0 Å². The van der Waals surface area contributed by atoms with Gasteiger partial charge in [0.15, 0.2) is 0 Å². The molecule has 0 aromatic heterocycles. The van der Waals surface area contributed by atoms with Crippen LogP contribution < -0.4 is 5.73 Å². The highest BCUT2D eigenvalue weighted by molar-refractivity contribution is 4.95. The van der Waals surface area contributed by atoms with Crippen molar-refractivity contribution in [3.63, 3.8) is 0 Å². The highest BCUT2D eigenvalue weighted by Gasteiger charge is 2.43. The Hall–Kier alpha value is -0.110. The maximum Gasteiger partial charge on any atom is 0.114 e. The third kappa shape index (κ3) is 2.42. The van der Waals surface area contributed by atoms with E-state index < -0.39 is 5.67 Å². The third-order valence-corrected chi connectivity index (χ3v) is 5.19. The molecule has 0 saturated heterocycles. The highest BCUT2D eigenvalue weighted by Crippen LogP contribution is 2.46. The Balaban J connectivity index is 1.96. The van der Waals surface area contributed by atoms with Gasteiger partial charge in [-0.25, -0.2) is 4.39 Å². The number of hydrogen-bond donors (Lipinski definition) is 1. The van der Waals surface area contributed by atoms with Crippen molar-refractivity contribution in [2.24, 2.45) is 23.5 Å². The molecule has 0 radical (unpaired) electrons. The van der Waals surface area contributed by atoms with Gasteiger partial charge in [-0.2, -0.15) is 0 Å². The fourth-order valence-corrected chi connectivity index (χ4v) is 3.55. The fourth-order valence-electron chi connectivity index (χ4n) is 3.55. The average molecular weight is 227 g/mol. The molecule has 2 rings (SSSR count). The van der Waals surface area contributed by atoms with E-state index in [-0.39, 0.29) is 6.04 Å². The molecule has 2 fully saturated rings. The van der Waals surface area contributed by atoms with E-state index >= 15 is 0 Å². The van der Waals surface area contributed by atoms with Crippen LogP contribution in [0.2, 0.25) is 0 Å². The van der Waals surface area contributed by atoms with Crippen molar-refractivity contribution in [2.75, 3.05) is 0 Å². The first-order valence-electron chi connectivity index (χ1n) is 6.96. The van der Waals surface area contributed by atoms with Crippen LogP contribution in [0.1, 0.15) is 58.8 Å². The molecule has 16 heavy (non-hydrogen) atoms. The maximum absolute atomic E-state index is 14.9. The van der Waals surface area contributed by atoms with Gasteiger partial charge in [-0.05, 0) is 56.3 Å². The second kappa shape index (κ2) is 4.64. The van der Waals surface area contributed by atoms with E-state index in [9.17, 15) is 4.39 Å². The van der Waals surface area contributed by atoms with E-state index in [1.165, 1.54) is 6.42 Å². The van der Waals surface area contributed by atoms with Gasteiger partial charge in [-0.15, -0.1) is 0 Å². The van der Waals surface area contributed by atoms with E-state index in [2.05, 4.69) is 13.8 Å². The van der Waals surface area contributed by atoms with Gasteiger partial charge in [0.1, 0.15) is 5.67 Å². The molecule has 2 aliphatic carbocycles. The summed E-state index contributed by atoms with van der Waals surface area (Å²) in [5.74, 6) is 1.79. The number of hydrogen-bond acceptors (Lipinski definition) is 1. The second-order valence-corrected chi connectivity index (χ2v) is 6.34. The lowest BCUT2D eigenvalue weighted by Crippen LogP contribution is -2.43. The molecule has 3 unspecified atom stereocenters. The standard InChI is InChI=1S/C14H26FN/c1-10-3-4-12(9-11(10)2)14(15)7-5-13(16)6-8-14/h10-13H,3-9,16H2,1-2H3. The Labute approximate surface area is 99.0 Å². The van der Waals surface area contributed by atoms with Crippen molar-refractivity contribution in [3.8, 4) is 0 Å². The van der Waals surface area contributed by atoms with E-state index in [1.54, 1.807) is 0 Å². The largest absolute Gasteiger partial charge is 0.328 e. The normalized spacial score (nSPS) is 50.2. The average Bonchev–Trinajstić information content (AvgIpc) is 2.26. The summed E-state index contributed by atoms with van der Waals surface area (Å²) in [5, 5.41) is 0. The summed E-state index contributed by atoms with van der Waals surface area (Å²) < 4.78 is 14.9. The lowest BCUT2D eigenvalue weighted by molar-refractivity contribution is -0.00419. The van der Waals surface area contributed by atoms with Gasteiger partial charge in [-0.1, -0.05) is 20.3 Å². The number of alkyl halides is 1. The fraction of sp³-hybridized carbons (Fsp3) is 1.00. The lowest BCUT2D eigenvalue weighted by atomic mass is 9.66. The molecule has 0 bridgehead atoms. The molecular formula is C14H26FN. The van der Waals surface area contributed by atoms with Crippen molar-refractivity contribution in [1.82, 2.24) is 0 Å². The molecule has 0 aromatic carbocycles. The summed E-state index contributed by atoms with van der Waals surface area (Å²) in [4.78, 5) is 0. The lowest BCUT2D eigenvalue weighted by Gasteiger charge is -2.43. The first kappa shape index (κ1) is 12.3. The second-order valence-electron chi connectivity index (χ2n) is 6.34. The van der Waals surface area contributed by atoms with Crippen molar-refractivity contribution < 1.29 is 4.39 Å². The zero-order valence-electron chi connectivity index (χ0n) is 10.7. The first-order chi connectivity index (χ1) is 7.51. The molecule has 94 valence electrons. The quantitative estimate of drug-likeness (QED) is 0.726. The molecule has 2 N–H and O–H groups in total. The smallest absolute Gasteiger partial charge is 0.114 e. The van der Waals surface area contributed by atoms with Gasteiger partial charge in [0.25, 0.3) is 0 Å². The van der Waals surface area contributed by atoms with E-state index in [0.29, 0.717) is 24.7 Å². The zero-order chi connectivity index (χ0) is 11.8. The molecule has 2 heteroatoms. The van der Waals surface area contributed by atoms with Crippen molar-refractivity contribution >= 4 is 0 Å². The molecule has 2 saturated carbocycles. The van der Waals surface area contributed by atoms with Crippen LogP contribution in [0.15, 0.2) is 0 Å². The van der Waals surface area contributed by atoms with Crippen LogP contribution >= 0.6 is 0 Å². The maximum atomic E-state index is 14.9. The van der Waals surface area contributed by atoms with Crippen LogP contribution in [0.3, 0.4) is 0 Å². The Morgan fingerprint density at radius 2 is 1.62 bits per heavy atom. The van der Waals surface area contributed by atoms with Gasteiger partial charge in [0, 0.05) is 6.04 Å². The Bertz CT molecular complexity index is 233. The minimum absolute atomic E-state index is 0.254. The van der Waals surface area contributed by atoms with Gasteiger partial charge >= 0.3 is 0 Å². The van der Waals surface area contributed by atoms with Crippen molar-refractivity contribution in [1.29, 1.82) is 0 Å². The van der Waals surface area contributed by atoms with E-state index in [4.69, 9.17) is 5.73 Å². The monoisotopic (exact) mass is 227 g/mol. The van der Waals surface area contributed by atoms with Crippen LogP contribution in [0.5, 0.6) is 0 Å². The molecule has 0 aliphatic heterocycles. The highest BCUT2D eigenvalue weighted by atomic mass is 19.1. The first-order valence-corrected chi connectivity index (χ1v) is 6.96. The van der Waals surface area contributed by atoms with Crippen LogP contribution in [0.25, 0.3) is 0 Å². The Morgan fingerprint density at radius 3 is 2.19 bits per heavy atom. The van der Waals surface area contributed by atoms with E-state index in [0.717, 1.165) is 31.6 Å². The molecule has 0 aromatic rings. The van der Waals surface area contributed by atoms with Gasteiger partial charge in [0.05, 0.1) is 0 Å². The molecule has 2 aliphatic rings. The van der Waals surface area contributed by atoms with Crippen LogP contribution in [-0.4, -0.2) is 11.7 Å². The Kier molecular flexibility index (Phi) is 3.58. The molecular weight excluding hydrogens is 201 g/mol. The van der Waals surface area contributed by atoms with Crippen LogP contribution in [0.4, 0.5) is 4.39 Å². The minimum Gasteiger partial charge on any atom is -0.328 e. The predicted octanol–water partition coefficient (Wildman–Crippen LogP) is 3.67. The summed E-state index contributed by atoms with van der Waals surface area (Å²) in [6, 6.07) is 0.254. The minimum atomic E-state index is -0.885. The number of halogens is 1. The van der Waals surface area contributed by atoms with Crippen LogP contribution in [0, 0.1) is 17.8 Å². The van der Waals surface area contributed by atoms with Gasteiger partial charge in [-0.3, -0.25) is 0 Å². The van der Waals surface area contributed by atoms with Gasteiger partial charge in [0.2, 0.25) is 0 Å². The summed E-state index contributed by atoms with van der Waals surface area (Å²) in [6.07, 6.45) is 6.58. The molecule has 0 amide bonds. The summed E-state index contributed by atoms with van der Waals surface area (Å²) in [6.45, 7) is 4.59.